The number of halogens is 1. The highest BCUT2D eigenvalue weighted by molar-refractivity contribution is 5.99. The first-order valence-corrected chi connectivity index (χ1v) is 5.91. The van der Waals surface area contributed by atoms with Crippen molar-refractivity contribution in [2.45, 2.75) is 0 Å². The summed E-state index contributed by atoms with van der Waals surface area (Å²) < 4.78 is 23.0. The third kappa shape index (κ3) is 3.59. The van der Waals surface area contributed by atoms with Crippen LogP contribution in [0.2, 0.25) is 0 Å². The molecule has 0 spiro atoms. The molecule has 108 valence electrons. The van der Waals surface area contributed by atoms with Crippen LogP contribution < -0.4 is 4.74 Å². The molecule has 0 fully saturated rings. The van der Waals surface area contributed by atoms with Gasteiger partial charge < -0.3 is 9.47 Å². The molecule has 0 saturated carbocycles. The average Bonchev–Trinajstić information content (AvgIpc) is 2.53. The van der Waals surface area contributed by atoms with Gasteiger partial charge in [0.25, 0.3) is 0 Å². The second-order valence-corrected chi connectivity index (χ2v) is 3.94. The summed E-state index contributed by atoms with van der Waals surface area (Å²) in [4.78, 5) is 30.8. The van der Waals surface area contributed by atoms with Crippen LogP contribution in [0.1, 0.15) is 20.8 Å². The normalized spacial score (nSPS) is 10.0. The van der Waals surface area contributed by atoms with E-state index in [2.05, 4.69) is 9.97 Å². The number of benzene rings is 1. The lowest BCUT2D eigenvalue weighted by atomic mass is 10.1. The van der Waals surface area contributed by atoms with E-state index in [-0.39, 0.29) is 17.0 Å². The number of ketones is 1. The minimum atomic E-state index is -0.773. The van der Waals surface area contributed by atoms with Crippen molar-refractivity contribution in [1.29, 1.82) is 0 Å². The number of methoxy groups -OCH3 is 1. The Kier molecular flexibility index (Phi) is 4.55. The number of nitrogens with zero attached hydrogens (tertiary/aromatic N) is 2. The van der Waals surface area contributed by atoms with Crippen LogP contribution in [0.4, 0.5) is 4.39 Å². The van der Waals surface area contributed by atoms with Crippen molar-refractivity contribution < 1.29 is 23.5 Å². The van der Waals surface area contributed by atoms with E-state index in [1.807, 2.05) is 0 Å². The van der Waals surface area contributed by atoms with Crippen LogP contribution in [0.5, 0.6) is 5.75 Å². The third-order valence-electron chi connectivity index (χ3n) is 2.58. The van der Waals surface area contributed by atoms with Gasteiger partial charge in [-0.05, 0) is 18.2 Å². The maximum atomic E-state index is 13.5. The van der Waals surface area contributed by atoms with Crippen LogP contribution in [-0.2, 0) is 4.74 Å². The molecule has 0 aliphatic heterocycles. The fourth-order valence-electron chi connectivity index (χ4n) is 1.53. The van der Waals surface area contributed by atoms with E-state index in [9.17, 15) is 14.0 Å². The maximum Gasteiger partial charge on any atom is 0.358 e. The predicted octanol–water partition coefficient (Wildman–Crippen LogP) is 1.66. The first kappa shape index (κ1) is 14.6. The largest absolute Gasteiger partial charge is 0.494 e. The number of Topliss-reactive ketones (excluding diaryl/α,β-unsaturated/α-hetero) is 1. The Morgan fingerprint density at radius 2 is 2.10 bits per heavy atom. The number of esters is 1. The molecule has 2 rings (SSSR count). The molecule has 0 atom stereocenters. The monoisotopic (exact) mass is 290 g/mol. The fraction of sp³-hybridized carbons (Fsp3) is 0.143. The van der Waals surface area contributed by atoms with Crippen molar-refractivity contribution in [1.82, 2.24) is 9.97 Å². The van der Waals surface area contributed by atoms with Gasteiger partial charge in [-0.3, -0.25) is 9.78 Å². The summed E-state index contributed by atoms with van der Waals surface area (Å²) in [6.07, 6.45) is 3.96. The van der Waals surface area contributed by atoms with E-state index in [0.717, 1.165) is 6.07 Å². The van der Waals surface area contributed by atoms with Crippen molar-refractivity contribution in [3.8, 4) is 5.75 Å². The number of rotatable bonds is 5. The summed E-state index contributed by atoms with van der Waals surface area (Å²) in [5.74, 6) is -1.94. The molecule has 0 N–H and O–H groups in total. The van der Waals surface area contributed by atoms with Crippen molar-refractivity contribution in [3.05, 3.63) is 53.9 Å². The molecule has 0 radical (unpaired) electrons. The first-order valence-electron chi connectivity index (χ1n) is 5.91. The number of hydrogen-bond acceptors (Lipinski definition) is 6. The number of aromatic nitrogens is 2. The third-order valence-corrected chi connectivity index (χ3v) is 2.58. The van der Waals surface area contributed by atoms with E-state index in [4.69, 9.17) is 9.47 Å². The molecule has 0 saturated heterocycles. The van der Waals surface area contributed by atoms with Crippen LogP contribution in [-0.4, -0.2) is 35.4 Å². The lowest BCUT2D eigenvalue weighted by Gasteiger charge is -2.05. The molecule has 0 bridgehead atoms. The second kappa shape index (κ2) is 6.56. The quantitative estimate of drug-likeness (QED) is 0.615. The molecule has 1 aromatic carbocycles. The van der Waals surface area contributed by atoms with Crippen LogP contribution in [0.3, 0.4) is 0 Å². The maximum absolute atomic E-state index is 13.5. The molecule has 0 amide bonds. The highest BCUT2D eigenvalue weighted by Crippen LogP contribution is 2.18. The molecule has 1 aromatic heterocycles. The van der Waals surface area contributed by atoms with Crippen molar-refractivity contribution in [3.63, 3.8) is 0 Å². The predicted molar refractivity (Wildman–Crippen MR) is 69.6 cm³/mol. The van der Waals surface area contributed by atoms with Gasteiger partial charge in [-0.1, -0.05) is 0 Å². The highest BCUT2D eigenvalue weighted by Gasteiger charge is 2.14. The van der Waals surface area contributed by atoms with Gasteiger partial charge in [0.05, 0.1) is 13.3 Å². The molecular weight excluding hydrogens is 279 g/mol. The van der Waals surface area contributed by atoms with Crippen molar-refractivity contribution in [2.24, 2.45) is 0 Å². The van der Waals surface area contributed by atoms with Gasteiger partial charge in [-0.2, -0.15) is 0 Å². The molecule has 7 heteroatoms. The Morgan fingerprint density at radius 1 is 1.29 bits per heavy atom. The van der Waals surface area contributed by atoms with Crippen LogP contribution >= 0.6 is 0 Å². The van der Waals surface area contributed by atoms with Gasteiger partial charge >= 0.3 is 5.97 Å². The Hall–Kier alpha value is -2.83. The van der Waals surface area contributed by atoms with Crippen molar-refractivity contribution >= 4 is 11.8 Å². The minimum absolute atomic E-state index is 0.00814. The number of carbonyl (C=O) groups excluding carboxylic acids is 2. The van der Waals surface area contributed by atoms with Gasteiger partial charge in [0.15, 0.2) is 29.7 Å². The van der Waals surface area contributed by atoms with Gasteiger partial charge in [0, 0.05) is 18.0 Å². The zero-order chi connectivity index (χ0) is 15.2. The van der Waals surface area contributed by atoms with Crippen LogP contribution in [0.25, 0.3) is 0 Å². The molecular formula is C14H11FN2O4. The summed E-state index contributed by atoms with van der Waals surface area (Å²) in [6, 6.07) is 3.74. The lowest BCUT2D eigenvalue weighted by molar-refractivity contribution is 0.0468. The van der Waals surface area contributed by atoms with E-state index >= 15 is 0 Å². The summed E-state index contributed by atoms with van der Waals surface area (Å²) in [5.41, 5.74) is 0.0754. The van der Waals surface area contributed by atoms with E-state index in [1.165, 1.54) is 37.8 Å². The minimum Gasteiger partial charge on any atom is -0.494 e. The summed E-state index contributed by atoms with van der Waals surface area (Å²) >= 11 is 0. The Morgan fingerprint density at radius 3 is 2.71 bits per heavy atom. The first-order chi connectivity index (χ1) is 10.1. The van der Waals surface area contributed by atoms with Gasteiger partial charge in [-0.25, -0.2) is 14.2 Å². The molecule has 1 heterocycles. The lowest BCUT2D eigenvalue weighted by Crippen LogP contribution is -2.15. The molecule has 2 aromatic rings. The molecule has 21 heavy (non-hydrogen) atoms. The van der Waals surface area contributed by atoms with Gasteiger partial charge in [-0.15, -0.1) is 0 Å². The summed E-state index contributed by atoms with van der Waals surface area (Å²) in [5, 5.41) is 0. The van der Waals surface area contributed by atoms with Gasteiger partial charge in [0.2, 0.25) is 0 Å². The summed E-state index contributed by atoms with van der Waals surface area (Å²) in [7, 11) is 1.32. The number of hydrogen-bond donors (Lipinski definition) is 0. The smallest absolute Gasteiger partial charge is 0.358 e. The highest BCUT2D eigenvalue weighted by atomic mass is 19.1. The Bertz CT molecular complexity index is 661. The number of carbonyl (C=O) groups is 2. The van der Waals surface area contributed by atoms with Crippen LogP contribution in [0.15, 0.2) is 36.8 Å². The zero-order valence-corrected chi connectivity index (χ0v) is 11.1. The number of ether oxygens (including phenoxy) is 2. The van der Waals surface area contributed by atoms with Crippen LogP contribution in [0, 0.1) is 5.82 Å². The van der Waals surface area contributed by atoms with E-state index in [0.29, 0.717) is 0 Å². The van der Waals surface area contributed by atoms with Crippen molar-refractivity contribution in [2.75, 3.05) is 13.7 Å². The average molecular weight is 290 g/mol. The van der Waals surface area contributed by atoms with E-state index < -0.39 is 24.2 Å². The van der Waals surface area contributed by atoms with E-state index in [1.54, 1.807) is 0 Å². The zero-order valence-electron chi connectivity index (χ0n) is 11.1. The molecule has 0 unspecified atom stereocenters. The standard InChI is InChI=1S/C14H11FN2O4/c1-20-13-3-2-9(6-10(13)15)12(18)8-21-14(19)11-7-16-4-5-17-11/h2-7H,8H2,1H3. The Labute approximate surface area is 119 Å². The Balaban J connectivity index is 1.99. The molecule has 0 aliphatic rings. The molecule has 6 nitrogen and oxygen atoms in total. The molecule has 0 aliphatic carbocycles. The van der Waals surface area contributed by atoms with Gasteiger partial charge in [0.1, 0.15) is 0 Å². The fourth-order valence-corrected chi connectivity index (χ4v) is 1.53. The SMILES string of the molecule is COc1ccc(C(=O)COC(=O)c2cnccn2)cc1F. The second-order valence-electron chi connectivity index (χ2n) is 3.94. The summed E-state index contributed by atoms with van der Waals surface area (Å²) in [6.45, 7) is -0.513. The topological polar surface area (TPSA) is 78.4 Å².